The number of aromatic nitrogens is 2. The van der Waals surface area contributed by atoms with Gasteiger partial charge in [0.25, 0.3) is 0 Å². The number of nitrogens with zero attached hydrogens (tertiary/aromatic N) is 1. The van der Waals surface area contributed by atoms with Crippen LogP contribution in [0.4, 0.5) is 5.95 Å². The average Bonchev–Trinajstić information content (AvgIpc) is 1.87. The van der Waals surface area contributed by atoms with E-state index >= 15 is 0 Å². The van der Waals surface area contributed by atoms with Crippen molar-refractivity contribution in [3.8, 4) is 0 Å². The van der Waals surface area contributed by atoms with E-state index in [0.29, 0.717) is 5.95 Å². The second-order valence-corrected chi connectivity index (χ2v) is 1.97. The molecule has 0 aliphatic heterocycles. The maximum absolute atomic E-state index is 5.18. The summed E-state index contributed by atoms with van der Waals surface area (Å²) < 4.78 is 0.810. The highest BCUT2D eigenvalue weighted by molar-refractivity contribution is 9.10. The first-order chi connectivity index (χ1) is 3.29. The van der Waals surface area contributed by atoms with Crippen LogP contribution in [0, 0.1) is 0 Å². The Morgan fingerprint density at radius 2 is 2.57 bits per heavy atom. The van der Waals surface area contributed by atoms with E-state index in [-0.39, 0.29) is 0 Å². The van der Waals surface area contributed by atoms with Crippen LogP contribution in [0.15, 0.2) is 10.8 Å². The van der Waals surface area contributed by atoms with Crippen LogP contribution in [0.5, 0.6) is 0 Å². The van der Waals surface area contributed by atoms with Crippen molar-refractivity contribution >= 4 is 21.9 Å². The maximum Gasteiger partial charge on any atom is 0.198 e. The number of hydrogen-bond acceptors (Lipinski definition) is 2. The summed E-state index contributed by atoms with van der Waals surface area (Å²) in [6.07, 6.45) is 1.61. The predicted octanol–water partition coefficient (Wildman–Crippen LogP) is 0.754. The number of H-pyrrole nitrogens is 1. The minimum absolute atomic E-state index is 0.437. The summed E-state index contributed by atoms with van der Waals surface area (Å²) >= 11 is 3.13. The van der Waals surface area contributed by atoms with Gasteiger partial charge in [0.15, 0.2) is 5.95 Å². The monoisotopic (exact) mass is 161 g/mol. The van der Waals surface area contributed by atoms with E-state index in [2.05, 4.69) is 25.9 Å². The molecule has 0 saturated carbocycles. The fourth-order valence-electron chi connectivity index (χ4n) is 0.313. The number of nitrogens with one attached hydrogen (secondary N) is 1. The molecule has 0 aliphatic rings. The normalized spacial score (nSPS) is 9.29. The van der Waals surface area contributed by atoms with E-state index in [1.807, 2.05) is 0 Å². The number of anilines is 1. The summed E-state index contributed by atoms with van der Waals surface area (Å²) in [5.74, 6) is 0.437. The maximum atomic E-state index is 5.18. The van der Waals surface area contributed by atoms with Crippen molar-refractivity contribution in [2.24, 2.45) is 0 Å². The summed E-state index contributed by atoms with van der Waals surface area (Å²) in [6.45, 7) is 0. The lowest BCUT2D eigenvalue weighted by molar-refractivity contribution is 1.31. The minimum atomic E-state index is 0.437. The molecule has 1 aromatic heterocycles. The van der Waals surface area contributed by atoms with Crippen LogP contribution in [0.2, 0.25) is 0 Å². The molecule has 3 N–H and O–H groups in total. The van der Waals surface area contributed by atoms with Gasteiger partial charge >= 0.3 is 0 Å². The zero-order valence-corrected chi connectivity index (χ0v) is 5.07. The topological polar surface area (TPSA) is 54.7 Å². The molecule has 0 saturated heterocycles. The number of nitrogen functional groups attached to an aromatic ring is 1. The largest absolute Gasteiger partial charge is 0.369 e. The van der Waals surface area contributed by atoms with Gasteiger partial charge in [0.05, 0.1) is 6.20 Å². The van der Waals surface area contributed by atoms with E-state index in [1.54, 1.807) is 6.20 Å². The molecule has 0 radical (unpaired) electrons. The second kappa shape index (κ2) is 1.54. The van der Waals surface area contributed by atoms with Gasteiger partial charge in [-0.05, 0) is 15.9 Å². The molecule has 38 valence electrons. The molecule has 0 atom stereocenters. The summed E-state index contributed by atoms with van der Waals surface area (Å²) in [5, 5.41) is 0. The molecule has 0 spiro atoms. The molecule has 7 heavy (non-hydrogen) atoms. The smallest absolute Gasteiger partial charge is 0.198 e. The molecule has 1 rings (SSSR count). The number of halogens is 1. The second-order valence-electron chi connectivity index (χ2n) is 1.12. The Balaban J connectivity index is 3.04. The lowest BCUT2D eigenvalue weighted by atomic mass is 11.0. The van der Waals surface area contributed by atoms with E-state index < -0.39 is 0 Å². The minimum Gasteiger partial charge on any atom is -0.369 e. The van der Waals surface area contributed by atoms with Crippen molar-refractivity contribution in [1.29, 1.82) is 0 Å². The van der Waals surface area contributed by atoms with Crippen molar-refractivity contribution < 1.29 is 0 Å². The summed E-state index contributed by atoms with van der Waals surface area (Å²) in [4.78, 5) is 6.41. The highest BCUT2D eigenvalue weighted by atomic mass is 79.9. The first kappa shape index (κ1) is 4.64. The van der Waals surface area contributed by atoms with Gasteiger partial charge in [0.1, 0.15) is 4.60 Å². The highest BCUT2D eigenvalue weighted by Gasteiger charge is 1.86. The van der Waals surface area contributed by atoms with Gasteiger partial charge in [0, 0.05) is 0 Å². The first-order valence-corrected chi connectivity index (χ1v) is 2.54. The van der Waals surface area contributed by atoms with Gasteiger partial charge in [0.2, 0.25) is 0 Å². The summed E-state index contributed by atoms with van der Waals surface area (Å²) in [5.41, 5.74) is 5.18. The van der Waals surface area contributed by atoms with Gasteiger partial charge in [-0.15, -0.1) is 0 Å². The van der Waals surface area contributed by atoms with Crippen LogP contribution < -0.4 is 5.73 Å². The number of hydrogen-bond donors (Lipinski definition) is 2. The first-order valence-electron chi connectivity index (χ1n) is 1.75. The predicted molar refractivity (Wildman–Crippen MR) is 30.7 cm³/mol. The average molecular weight is 162 g/mol. The lowest BCUT2D eigenvalue weighted by Gasteiger charge is -1.73. The zero-order valence-electron chi connectivity index (χ0n) is 3.48. The molecule has 0 unspecified atom stereocenters. The quantitative estimate of drug-likeness (QED) is 0.591. The summed E-state index contributed by atoms with van der Waals surface area (Å²) in [6, 6.07) is 0. The molecular formula is C3H4BrN3. The molecule has 0 fully saturated rings. The molecule has 1 heterocycles. The van der Waals surface area contributed by atoms with Crippen LogP contribution in [-0.2, 0) is 0 Å². The van der Waals surface area contributed by atoms with Crippen molar-refractivity contribution in [3.05, 3.63) is 10.8 Å². The van der Waals surface area contributed by atoms with Crippen molar-refractivity contribution in [1.82, 2.24) is 9.97 Å². The van der Waals surface area contributed by atoms with E-state index in [0.717, 1.165) is 4.60 Å². The molecule has 4 heteroatoms. The van der Waals surface area contributed by atoms with E-state index in [9.17, 15) is 0 Å². The summed E-state index contributed by atoms with van der Waals surface area (Å²) in [7, 11) is 0. The van der Waals surface area contributed by atoms with Crippen molar-refractivity contribution in [3.63, 3.8) is 0 Å². The highest BCUT2D eigenvalue weighted by Crippen LogP contribution is 2.04. The third-order valence-electron chi connectivity index (χ3n) is 0.564. The van der Waals surface area contributed by atoms with Gasteiger partial charge in [-0.1, -0.05) is 0 Å². The lowest BCUT2D eigenvalue weighted by Crippen LogP contribution is -1.84. The van der Waals surface area contributed by atoms with Crippen molar-refractivity contribution in [2.45, 2.75) is 0 Å². The Bertz CT molecular complexity index is 142. The fraction of sp³-hybridized carbons (Fsp3) is 0. The van der Waals surface area contributed by atoms with Crippen molar-refractivity contribution in [2.75, 3.05) is 5.73 Å². The number of nitrogens with two attached hydrogens (primary N) is 1. The molecule has 1 aromatic rings. The standard InChI is InChI=1S/C3H4BrN3/c4-2-1-6-3(5)7-2/h1H,(H3,5,6,7). The van der Waals surface area contributed by atoms with Gasteiger partial charge in [-0.3, -0.25) is 0 Å². The Morgan fingerprint density at radius 3 is 2.71 bits per heavy atom. The van der Waals surface area contributed by atoms with E-state index in [1.165, 1.54) is 0 Å². The Hall–Kier alpha value is -0.510. The Labute approximate surface area is 49.1 Å². The van der Waals surface area contributed by atoms with Crippen LogP contribution in [0.1, 0.15) is 0 Å². The molecular weight excluding hydrogens is 158 g/mol. The SMILES string of the molecule is Nc1ncc(Br)[nH]1. The number of imidazole rings is 1. The molecule has 3 nitrogen and oxygen atoms in total. The molecule has 0 aromatic carbocycles. The van der Waals surface area contributed by atoms with E-state index in [4.69, 9.17) is 5.73 Å². The van der Waals surface area contributed by atoms with Crippen LogP contribution in [0.3, 0.4) is 0 Å². The molecule has 0 bridgehead atoms. The third kappa shape index (κ3) is 0.928. The molecule has 0 amide bonds. The zero-order chi connectivity index (χ0) is 5.28. The molecule has 0 aliphatic carbocycles. The third-order valence-corrected chi connectivity index (χ3v) is 0.967. The van der Waals surface area contributed by atoms with Crippen LogP contribution in [-0.4, -0.2) is 9.97 Å². The number of aromatic amines is 1. The van der Waals surface area contributed by atoms with Gasteiger partial charge in [-0.2, -0.15) is 0 Å². The van der Waals surface area contributed by atoms with Gasteiger partial charge < -0.3 is 10.7 Å². The Morgan fingerprint density at radius 1 is 1.86 bits per heavy atom. The fourth-order valence-corrected chi connectivity index (χ4v) is 0.619. The Kier molecular flexibility index (Phi) is 1.02. The van der Waals surface area contributed by atoms with Gasteiger partial charge in [-0.25, -0.2) is 4.98 Å². The van der Waals surface area contributed by atoms with Crippen LogP contribution >= 0.6 is 15.9 Å². The number of rotatable bonds is 0. The van der Waals surface area contributed by atoms with Crippen LogP contribution in [0.25, 0.3) is 0 Å².